The normalized spacial score (nSPS) is 13.8. The number of methoxy groups -OCH3 is 1. The number of hydrogen-bond acceptors (Lipinski definition) is 4. The van der Waals surface area contributed by atoms with Gasteiger partial charge < -0.3 is 10.1 Å². The van der Waals surface area contributed by atoms with Crippen LogP contribution >= 0.6 is 15.9 Å². The molecule has 1 N–H and O–H groups in total. The maximum Gasteiger partial charge on any atom is 0.211 e. The van der Waals surface area contributed by atoms with Gasteiger partial charge in [0.1, 0.15) is 11.4 Å². The Morgan fingerprint density at radius 1 is 1.00 bits per heavy atom. The van der Waals surface area contributed by atoms with Crippen LogP contribution in [-0.4, -0.2) is 18.7 Å². The van der Waals surface area contributed by atoms with E-state index in [4.69, 9.17) is 4.74 Å². The maximum atomic E-state index is 13.0. The molecule has 0 heterocycles. The lowest BCUT2D eigenvalue weighted by Gasteiger charge is -2.20. The highest BCUT2D eigenvalue weighted by atomic mass is 79.9. The quantitative estimate of drug-likeness (QED) is 0.592. The first-order valence-corrected chi connectivity index (χ1v) is 10.2. The Bertz CT molecular complexity index is 929. The standard InChI is InChI=1S/C23H24BrNO3/c1-14(2)5-4-6-15-7-12-18-19(13-15)22(26)20(24)21(23(18)27)25-16-8-10-17(28-3)11-9-16/h7-14,25H,4-6H2,1-3H3. The summed E-state index contributed by atoms with van der Waals surface area (Å²) in [6.07, 6.45) is 3.12. The Morgan fingerprint density at radius 3 is 2.36 bits per heavy atom. The number of nitrogens with one attached hydrogen (secondary N) is 1. The van der Waals surface area contributed by atoms with Gasteiger partial charge in [0.25, 0.3) is 0 Å². The summed E-state index contributed by atoms with van der Waals surface area (Å²) >= 11 is 3.33. The fourth-order valence-electron chi connectivity index (χ4n) is 3.24. The van der Waals surface area contributed by atoms with Gasteiger partial charge in [-0.05, 0) is 76.7 Å². The molecule has 0 aliphatic heterocycles. The Labute approximate surface area is 174 Å². The molecule has 2 aromatic rings. The van der Waals surface area contributed by atoms with Gasteiger partial charge in [-0.15, -0.1) is 0 Å². The molecular formula is C23H24BrNO3. The predicted molar refractivity (Wildman–Crippen MR) is 115 cm³/mol. The van der Waals surface area contributed by atoms with E-state index in [2.05, 4.69) is 35.1 Å². The summed E-state index contributed by atoms with van der Waals surface area (Å²) in [5, 5.41) is 3.07. The van der Waals surface area contributed by atoms with Gasteiger partial charge in [-0.25, -0.2) is 0 Å². The molecule has 0 spiro atoms. The lowest BCUT2D eigenvalue weighted by Crippen LogP contribution is -2.24. The van der Waals surface area contributed by atoms with Crippen LogP contribution in [0.4, 0.5) is 5.69 Å². The Morgan fingerprint density at radius 2 is 1.71 bits per heavy atom. The van der Waals surface area contributed by atoms with Crippen molar-refractivity contribution in [3.8, 4) is 5.75 Å². The van der Waals surface area contributed by atoms with Crippen LogP contribution in [0.2, 0.25) is 0 Å². The molecule has 146 valence electrons. The van der Waals surface area contributed by atoms with E-state index in [1.807, 2.05) is 12.1 Å². The number of carbonyl (C=O) groups is 2. The Kier molecular flexibility index (Phi) is 6.35. The second-order valence-corrected chi connectivity index (χ2v) is 8.16. The second-order valence-electron chi connectivity index (χ2n) is 7.37. The van der Waals surface area contributed by atoms with Crippen LogP contribution in [0.1, 0.15) is 53.0 Å². The second kappa shape index (κ2) is 8.74. The van der Waals surface area contributed by atoms with E-state index in [-0.39, 0.29) is 21.7 Å². The lowest BCUT2D eigenvalue weighted by molar-refractivity contribution is 0.0983. The molecule has 1 aliphatic carbocycles. The van der Waals surface area contributed by atoms with Crippen molar-refractivity contribution in [3.05, 3.63) is 69.3 Å². The zero-order valence-corrected chi connectivity index (χ0v) is 17.9. The fraction of sp³-hybridized carbons (Fsp3) is 0.304. The van der Waals surface area contributed by atoms with Gasteiger partial charge in [0.15, 0.2) is 0 Å². The highest BCUT2D eigenvalue weighted by Crippen LogP contribution is 2.31. The van der Waals surface area contributed by atoms with E-state index in [0.29, 0.717) is 22.7 Å². The third kappa shape index (κ3) is 4.36. The molecule has 2 aromatic carbocycles. The lowest BCUT2D eigenvalue weighted by atomic mass is 9.89. The predicted octanol–water partition coefficient (Wildman–Crippen LogP) is 5.77. The van der Waals surface area contributed by atoms with Crippen LogP contribution in [0, 0.1) is 5.92 Å². The smallest absolute Gasteiger partial charge is 0.211 e. The van der Waals surface area contributed by atoms with Crippen molar-refractivity contribution < 1.29 is 14.3 Å². The maximum absolute atomic E-state index is 13.0. The van der Waals surface area contributed by atoms with Crippen LogP contribution in [0.15, 0.2) is 52.6 Å². The van der Waals surface area contributed by atoms with Crippen LogP contribution in [0.25, 0.3) is 0 Å². The van der Waals surface area contributed by atoms with E-state index in [0.717, 1.165) is 30.6 Å². The number of rotatable bonds is 7. The van der Waals surface area contributed by atoms with Crippen LogP contribution < -0.4 is 10.1 Å². The number of allylic oxidation sites excluding steroid dienone is 2. The molecule has 3 rings (SSSR count). The number of fused-ring (bicyclic) bond motifs is 1. The summed E-state index contributed by atoms with van der Waals surface area (Å²) in [6, 6.07) is 12.8. The number of anilines is 1. The Hall–Kier alpha value is -2.40. The third-order valence-electron chi connectivity index (χ3n) is 4.83. The van der Waals surface area contributed by atoms with Gasteiger partial charge in [0.2, 0.25) is 11.6 Å². The summed E-state index contributed by atoms with van der Waals surface area (Å²) in [6.45, 7) is 4.41. The molecule has 1 aliphatic rings. The van der Waals surface area contributed by atoms with Crippen molar-refractivity contribution in [2.45, 2.75) is 33.1 Å². The highest BCUT2D eigenvalue weighted by molar-refractivity contribution is 9.12. The van der Waals surface area contributed by atoms with E-state index in [1.165, 1.54) is 0 Å². The molecular weight excluding hydrogens is 418 g/mol. The molecule has 28 heavy (non-hydrogen) atoms. The van der Waals surface area contributed by atoms with E-state index >= 15 is 0 Å². The van der Waals surface area contributed by atoms with E-state index in [9.17, 15) is 9.59 Å². The number of aryl methyl sites for hydroxylation is 1. The molecule has 0 saturated heterocycles. The van der Waals surface area contributed by atoms with Gasteiger partial charge in [0, 0.05) is 16.8 Å². The summed E-state index contributed by atoms with van der Waals surface area (Å²) < 4.78 is 5.41. The van der Waals surface area contributed by atoms with Gasteiger partial charge in [-0.3, -0.25) is 9.59 Å². The minimum atomic E-state index is -0.189. The number of ether oxygens (including phenoxy) is 1. The van der Waals surface area contributed by atoms with Crippen molar-refractivity contribution in [1.29, 1.82) is 0 Å². The number of benzene rings is 2. The Balaban J connectivity index is 1.83. The number of carbonyl (C=O) groups excluding carboxylic acids is 2. The zero-order valence-electron chi connectivity index (χ0n) is 16.3. The van der Waals surface area contributed by atoms with Crippen LogP contribution in [-0.2, 0) is 6.42 Å². The molecule has 4 nitrogen and oxygen atoms in total. The number of Topliss-reactive ketones (excluding diaryl/α,β-unsaturated/α-hetero) is 2. The summed E-state index contributed by atoms with van der Waals surface area (Å²) in [4.78, 5) is 25.9. The summed E-state index contributed by atoms with van der Waals surface area (Å²) in [5.41, 5.74) is 2.97. The molecule has 0 fully saturated rings. The molecule has 0 amide bonds. The SMILES string of the molecule is COc1ccc(NC2=C(Br)C(=O)c3cc(CCCC(C)C)ccc3C2=O)cc1. The van der Waals surface area contributed by atoms with Crippen molar-refractivity contribution in [3.63, 3.8) is 0 Å². The first-order valence-electron chi connectivity index (χ1n) is 9.44. The zero-order chi connectivity index (χ0) is 20.3. The monoisotopic (exact) mass is 441 g/mol. The minimum Gasteiger partial charge on any atom is -0.497 e. The van der Waals surface area contributed by atoms with Crippen molar-refractivity contribution in [1.82, 2.24) is 0 Å². The van der Waals surface area contributed by atoms with Crippen molar-refractivity contribution >= 4 is 33.2 Å². The van der Waals surface area contributed by atoms with Crippen LogP contribution in [0.5, 0.6) is 5.75 Å². The molecule has 5 heteroatoms. The number of halogens is 1. The van der Waals surface area contributed by atoms with E-state index < -0.39 is 0 Å². The molecule has 0 radical (unpaired) electrons. The third-order valence-corrected chi connectivity index (χ3v) is 5.58. The average molecular weight is 442 g/mol. The summed E-state index contributed by atoms with van der Waals surface area (Å²) in [5.74, 6) is 1.02. The highest BCUT2D eigenvalue weighted by Gasteiger charge is 2.31. The van der Waals surface area contributed by atoms with E-state index in [1.54, 1.807) is 37.4 Å². The average Bonchev–Trinajstić information content (AvgIpc) is 2.69. The van der Waals surface area contributed by atoms with Gasteiger partial charge in [0.05, 0.1) is 11.6 Å². The molecule has 0 atom stereocenters. The van der Waals surface area contributed by atoms with Crippen molar-refractivity contribution in [2.75, 3.05) is 12.4 Å². The minimum absolute atomic E-state index is 0.170. The van der Waals surface area contributed by atoms with Gasteiger partial charge in [-0.1, -0.05) is 26.3 Å². The molecule has 0 unspecified atom stereocenters. The van der Waals surface area contributed by atoms with Gasteiger partial charge in [-0.2, -0.15) is 0 Å². The first kappa shape index (κ1) is 20.3. The summed E-state index contributed by atoms with van der Waals surface area (Å²) in [7, 11) is 1.60. The molecule has 0 aromatic heterocycles. The topological polar surface area (TPSA) is 55.4 Å². The van der Waals surface area contributed by atoms with Crippen LogP contribution in [0.3, 0.4) is 0 Å². The largest absolute Gasteiger partial charge is 0.497 e. The first-order chi connectivity index (χ1) is 13.4. The number of ketones is 2. The van der Waals surface area contributed by atoms with Gasteiger partial charge >= 0.3 is 0 Å². The molecule has 0 bridgehead atoms. The number of hydrogen-bond donors (Lipinski definition) is 1. The molecule has 0 saturated carbocycles. The van der Waals surface area contributed by atoms with Crippen molar-refractivity contribution in [2.24, 2.45) is 5.92 Å². The fourth-order valence-corrected chi connectivity index (χ4v) is 3.74.